The largest absolute Gasteiger partial charge is 0.490 e. The molecule has 1 heterocycles. The molecule has 11 N–H and O–H groups in total. The van der Waals surface area contributed by atoms with Gasteiger partial charge in [-0.15, -0.1) is 0 Å². The van der Waals surface area contributed by atoms with E-state index < -0.39 is 30.2 Å². The fraction of sp³-hybridized carbons (Fsp3) is 0.474. The number of benzene rings is 2. The van der Waals surface area contributed by atoms with E-state index in [9.17, 15) is 36.3 Å². The number of carboxylic acid groups (broad SMARTS) is 1. The van der Waals surface area contributed by atoms with E-state index in [-0.39, 0.29) is 36.7 Å². The number of alkyl halides is 5. The minimum absolute atomic E-state index is 0.0368. The van der Waals surface area contributed by atoms with Gasteiger partial charge in [0.15, 0.2) is 5.82 Å². The van der Waals surface area contributed by atoms with Crippen molar-refractivity contribution in [2.24, 2.45) is 11.5 Å². The lowest BCUT2D eigenvalue weighted by molar-refractivity contribution is -0.192. The number of aldehydes is 1. The van der Waals surface area contributed by atoms with Crippen molar-refractivity contribution in [3.63, 3.8) is 0 Å². The number of carbonyl (C=O) groups excluding carboxylic acids is 2. The molecule has 0 saturated carbocycles. The molecule has 0 atom stereocenters. The summed E-state index contributed by atoms with van der Waals surface area (Å²) >= 11 is 0. The van der Waals surface area contributed by atoms with E-state index >= 15 is 0 Å². The van der Waals surface area contributed by atoms with Crippen molar-refractivity contribution >= 4 is 35.5 Å². The van der Waals surface area contributed by atoms with Crippen LogP contribution in [-0.2, 0) is 36.9 Å². The first-order chi connectivity index (χ1) is 28.1. The van der Waals surface area contributed by atoms with Gasteiger partial charge < -0.3 is 52.3 Å². The van der Waals surface area contributed by atoms with Gasteiger partial charge in [0.25, 0.3) is 11.5 Å². The fourth-order valence-electron chi connectivity index (χ4n) is 4.11. The van der Waals surface area contributed by atoms with Gasteiger partial charge in [-0.2, -0.15) is 13.2 Å². The Morgan fingerprint density at radius 2 is 1.55 bits per heavy atom. The third kappa shape index (κ3) is 24.4. The SMILES string of the molecule is CC(C)Nc1ncc(-c2cc(N)cc(C=O)c2)n(CC(=O)NCc2ccc(C(=N)N)cc2)c1=O.CC(F)(F)CO.CCOCCOCCOCCCN.O=C(O)C(F)(F)F. The third-order valence-electron chi connectivity index (χ3n) is 6.91. The minimum atomic E-state index is -5.08. The maximum Gasteiger partial charge on any atom is 0.490 e. The molecule has 0 aliphatic carbocycles. The van der Waals surface area contributed by atoms with Crippen LogP contribution in [-0.4, -0.2) is 115 Å². The highest BCUT2D eigenvalue weighted by Gasteiger charge is 2.38. The summed E-state index contributed by atoms with van der Waals surface area (Å²) in [6.45, 7) is 10.0. The Kier molecular flexibility index (Phi) is 26.1. The summed E-state index contributed by atoms with van der Waals surface area (Å²) < 4.78 is 71.0. The maximum atomic E-state index is 13.2. The number of hydrogen-bond acceptors (Lipinski definition) is 13. The second-order valence-electron chi connectivity index (χ2n) is 12.7. The van der Waals surface area contributed by atoms with E-state index in [1.807, 2.05) is 20.8 Å². The summed E-state index contributed by atoms with van der Waals surface area (Å²) in [6, 6.07) is 11.6. The highest BCUT2D eigenvalue weighted by atomic mass is 19.4. The number of halogens is 5. The average Bonchev–Trinajstić information content (AvgIpc) is 3.18. The number of anilines is 2. The number of aliphatic hydroxyl groups is 1. The summed E-state index contributed by atoms with van der Waals surface area (Å²) in [7, 11) is 0. The first-order valence-corrected chi connectivity index (χ1v) is 18.2. The van der Waals surface area contributed by atoms with Crippen molar-refractivity contribution in [1.29, 1.82) is 5.41 Å². The van der Waals surface area contributed by atoms with Gasteiger partial charge in [-0.1, -0.05) is 24.3 Å². The average molecular weight is 863 g/mol. The molecule has 60 heavy (non-hydrogen) atoms. The molecule has 3 aromatic rings. The predicted octanol–water partition coefficient (Wildman–Crippen LogP) is 3.40. The van der Waals surface area contributed by atoms with Gasteiger partial charge in [0.05, 0.1) is 38.3 Å². The molecule has 0 unspecified atom stereocenters. The lowest BCUT2D eigenvalue weighted by atomic mass is 10.1. The van der Waals surface area contributed by atoms with Crippen molar-refractivity contribution < 1.29 is 60.8 Å². The molecule has 1 aromatic heterocycles. The molecule has 0 fully saturated rings. The summed E-state index contributed by atoms with van der Waals surface area (Å²) in [5.74, 6) is -5.97. The molecule has 17 nitrogen and oxygen atoms in total. The molecule has 3 rings (SSSR count). The lowest BCUT2D eigenvalue weighted by Gasteiger charge is -2.16. The second-order valence-corrected chi connectivity index (χ2v) is 12.7. The highest BCUT2D eigenvalue weighted by molar-refractivity contribution is 5.94. The quantitative estimate of drug-likeness (QED) is 0.0202. The van der Waals surface area contributed by atoms with Crippen LogP contribution in [0.15, 0.2) is 53.5 Å². The number of carboxylic acids is 1. The number of nitrogens with one attached hydrogen (secondary N) is 3. The first kappa shape index (κ1) is 54.4. The molecule has 22 heteroatoms. The highest BCUT2D eigenvalue weighted by Crippen LogP contribution is 2.23. The Balaban J connectivity index is 0.00000109. The van der Waals surface area contributed by atoms with Gasteiger partial charge in [-0.25, -0.2) is 18.6 Å². The number of aliphatic carboxylic acids is 1. The van der Waals surface area contributed by atoms with Crippen LogP contribution in [0.2, 0.25) is 0 Å². The smallest absolute Gasteiger partial charge is 0.475 e. The molecule has 1 amide bonds. The Morgan fingerprint density at radius 3 is 2.02 bits per heavy atom. The Hall–Kier alpha value is -5.55. The number of nitrogen functional groups attached to an aromatic ring is 2. The zero-order chi connectivity index (χ0) is 45.9. The van der Waals surface area contributed by atoms with Crippen LogP contribution in [0, 0.1) is 5.41 Å². The molecule has 0 radical (unpaired) electrons. The number of amidine groups is 1. The van der Waals surface area contributed by atoms with Crippen LogP contribution in [0.25, 0.3) is 11.3 Å². The number of nitrogens with two attached hydrogens (primary N) is 3. The normalized spacial score (nSPS) is 10.9. The zero-order valence-corrected chi connectivity index (χ0v) is 33.8. The number of ether oxygens (including phenoxy) is 3. The molecule has 0 aliphatic heterocycles. The van der Waals surface area contributed by atoms with E-state index in [4.69, 9.17) is 51.8 Å². The van der Waals surface area contributed by atoms with E-state index in [1.54, 1.807) is 36.4 Å². The van der Waals surface area contributed by atoms with Gasteiger partial charge in [-0.3, -0.25) is 24.4 Å². The van der Waals surface area contributed by atoms with Crippen molar-refractivity contribution in [2.75, 3.05) is 63.8 Å². The molecule has 0 bridgehead atoms. The number of rotatable bonds is 20. The maximum absolute atomic E-state index is 13.2. The number of amides is 1. The van der Waals surface area contributed by atoms with Gasteiger partial charge in [-0.05, 0) is 57.5 Å². The Labute approximate surface area is 343 Å². The summed E-state index contributed by atoms with van der Waals surface area (Å²) in [5.41, 5.74) is 19.2. The number of nitrogens with zero attached hydrogens (tertiary/aromatic N) is 2. The number of aromatic nitrogens is 2. The summed E-state index contributed by atoms with van der Waals surface area (Å²) in [4.78, 5) is 50.4. The molecule has 0 saturated heterocycles. The number of hydrogen-bond donors (Lipinski definition) is 8. The second kappa shape index (κ2) is 28.8. The molecule has 2 aromatic carbocycles. The Morgan fingerprint density at radius 1 is 1.00 bits per heavy atom. The fourth-order valence-corrected chi connectivity index (χ4v) is 4.11. The van der Waals surface area contributed by atoms with Crippen molar-refractivity contribution in [3.05, 3.63) is 75.7 Å². The molecule has 336 valence electrons. The van der Waals surface area contributed by atoms with Crippen molar-refractivity contribution in [2.45, 2.75) is 65.3 Å². The first-order valence-electron chi connectivity index (χ1n) is 18.2. The molecule has 0 spiro atoms. The third-order valence-corrected chi connectivity index (χ3v) is 6.91. The minimum Gasteiger partial charge on any atom is -0.475 e. The van der Waals surface area contributed by atoms with E-state index in [0.29, 0.717) is 74.3 Å². The van der Waals surface area contributed by atoms with Crippen LogP contribution in [0.4, 0.5) is 33.5 Å². The van der Waals surface area contributed by atoms with Gasteiger partial charge in [0, 0.05) is 55.1 Å². The number of aliphatic hydroxyl groups excluding tert-OH is 1. The van der Waals surface area contributed by atoms with Crippen LogP contribution < -0.4 is 33.4 Å². The van der Waals surface area contributed by atoms with E-state index in [1.165, 1.54) is 16.8 Å². The molecule has 0 aliphatic rings. The zero-order valence-electron chi connectivity index (χ0n) is 33.8. The standard InChI is InChI=1S/C24H27N7O3.C9H21NO3.C3H6F2O.C2HF3O2/c1-14(2)30-23-24(34)31(20(11-29-23)18-7-16(13-32)8-19(25)9-18)12-21(33)28-10-15-3-5-17(6-4-15)22(26)27;1-2-11-6-7-13-9-8-12-5-3-4-10;1-3(4,5)2-6;3-2(4,5)1(6)7/h3-9,11,13-14H,10,12,25H2,1-2H3,(H3,26,27)(H,28,33)(H,29,30);2-10H2,1H3;6H,2H2,1H3;(H,6,7). The van der Waals surface area contributed by atoms with Crippen LogP contribution in [0.5, 0.6) is 0 Å². The Bertz CT molecular complexity index is 1800. The van der Waals surface area contributed by atoms with E-state index in [2.05, 4.69) is 15.6 Å². The monoisotopic (exact) mass is 862 g/mol. The van der Waals surface area contributed by atoms with Crippen LogP contribution >= 0.6 is 0 Å². The van der Waals surface area contributed by atoms with Gasteiger partial charge in [0.2, 0.25) is 5.91 Å². The summed E-state index contributed by atoms with van der Waals surface area (Å²) in [5, 5.41) is 28.0. The van der Waals surface area contributed by atoms with Crippen molar-refractivity contribution in [3.8, 4) is 11.3 Å². The summed E-state index contributed by atoms with van der Waals surface area (Å²) in [6.07, 6.45) is -2.03. The van der Waals surface area contributed by atoms with Crippen LogP contribution in [0.1, 0.15) is 55.6 Å². The predicted molar refractivity (Wildman–Crippen MR) is 215 cm³/mol. The molecular formula is C38H55F5N8O9. The molecular weight excluding hydrogens is 807 g/mol. The van der Waals surface area contributed by atoms with Gasteiger partial charge >= 0.3 is 12.1 Å². The number of carbonyl (C=O) groups is 3. The van der Waals surface area contributed by atoms with E-state index in [0.717, 1.165) is 25.2 Å². The van der Waals surface area contributed by atoms with Crippen LogP contribution in [0.3, 0.4) is 0 Å². The lowest BCUT2D eigenvalue weighted by Crippen LogP contribution is -2.35. The topological polar surface area (TPSA) is 280 Å². The van der Waals surface area contributed by atoms with Crippen molar-refractivity contribution in [1.82, 2.24) is 14.9 Å². The van der Waals surface area contributed by atoms with Gasteiger partial charge in [0.1, 0.15) is 25.3 Å².